The van der Waals surface area contributed by atoms with E-state index in [1.54, 1.807) is 6.07 Å². The monoisotopic (exact) mass is 712 g/mol. The number of hydrogen-bond acceptors (Lipinski definition) is 3. The minimum absolute atomic E-state index is 0.0952. The number of benzene rings is 7. The van der Waals surface area contributed by atoms with Crippen molar-refractivity contribution < 1.29 is 9.22 Å². The van der Waals surface area contributed by atoms with Gasteiger partial charge in [-0.05, 0) is 131 Å². The van der Waals surface area contributed by atoms with Gasteiger partial charge in [0.05, 0.1) is 28.0 Å². The molecule has 2 aromatic heterocycles. The molecule has 0 aliphatic carbocycles. The van der Waals surface area contributed by atoms with E-state index in [1.807, 2.05) is 134 Å². The van der Waals surface area contributed by atoms with E-state index in [4.69, 9.17) is 14.1 Å². The van der Waals surface area contributed by atoms with Gasteiger partial charge in [0.1, 0.15) is 11.6 Å². The summed E-state index contributed by atoms with van der Waals surface area (Å²) in [5.74, 6) is 0.541. The van der Waals surface area contributed by atoms with Crippen LogP contribution in [0.4, 0.5) is 0 Å². The van der Waals surface area contributed by atoms with Crippen LogP contribution in [0.5, 0.6) is 5.75 Å². The molecule has 0 aliphatic heterocycles. The van der Waals surface area contributed by atoms with Gasteiger partial charge in [0.2, 0.25) is 0 Å². The maximum absolute atomic E-state index is 11.6. The lowest BCUT2D eigenvalue weighted by molar-refractivity contribution is 0.472. The third kappa shape index (κ3) is 6.38. The van der Waals surface area contributed by atoms with Crippen molar-refractivity contribution in [1.29, 1.82) is 0 Å². The van der Waals surface area contributed by atoms with Gasteiger partial charge in [0.15, 0.2) is 0 Å². The molecule has 2 heterocycles. The van der Waals surface area contributed by atoms with Crippen molar-refractivity contribution in [2.45, 2.75) is 20.7 Å². The number of nitrogens with zero attached hydrogens (tertiary/aromatic N) is 3. The average molecular weight is 713 g/mol. The van der Waals surface area contributed by atoms with Crippen LogP contribution in [-0.2, 0) is 0 Å². The lowest BCUT2D eigenvalue weighted by atomic mass is 9.93. The average Bonchev–Trinajstić information content (AvgIpc) is 3.65. The zero-order chi connectivity index (χ0) is 40.0. The first-order chi connectivity index (χ1) is 28.1. The molecule has 0 aliphatic rings. The molecule has 0 unspecified atom stereocenters. The first kappa shape index (κ1) is 30.4. The van der Waals surface area contributed by atoms with Crippen LogP contribution >= 0.6 is 0 Å². The summed E-state index contributed by atoms with van der Waals surface area (Å²) in [6.07, 6.45) is 1.85. The van der Waals surface area contributed by atoms with Crippen molar-refractivity contribution in [2.24, 2.45) is 0 Å². The summed E-state index contributed by atoms with van der Waals surface area (Å²) in [7, 11) is 0. The lowest BCUT2D eigenvalue weighted by Gasteiger charge is -2.16. The number of aromatic nitrogens is 3. The Balaban J connectivity index is 1.31. The third-order valence-corrected chi connectivity index (χ3v) is 10.2. The molecule has 0 radical (unpaired) electrons. The molecular weight excluding hydrogens is 671 g/mol. The summed E-state index contributed by atoms with van der Waals surface area (Å²) in [4.78, 5) is 10.2. The summed E-state index contributed by atoms with van der Waals surface area (Å²) < 4.78 is 28.2. The summed E-state index contributed by atoms with van der Waals surface area (Å²) in [5, 5.41) is 11.6. The van der Waals surface area contributed by atoms with Crippen LogP contribution in [0, 0.1) is 20.7 Å². The predicted molar refractivity (Wildman–Crippen MR) is 227 cm³/mol. The fourth-order valence-electron chi connectivity index (χ4n) is 7.56. The van der Waals surface area contributed by atoms with Crippen LogP contribution in [0.25, 0.3) is 83.9 Å². The molecule has 9 rings (SSSR count). The van der Waals surface area contributed by atoms with Crippen molar-refractivity contribution in [3.63, 3.8) is 0 Å². The maximum atomic E-state index is 11.6. The maximum Gasteiger partial charge on any atom is 0.149 e. The summed E-state index contributed by atoms with van der Waals surface area (Å²) >= 11 is 0. The van der Waals surface area contributed by atoms with E-state index in [0.29, 0.717) is 33.7 Å². The number of phenolic OH excluding ortho intramolecular Hbond substituents is 1. The van der Waals surface area contributed by atoms with Crippen molar-refractivity contribution in [3.8, 4) is 78.6 Å². The molecule has 4 heteroatoms. The number of pyridine rings is 1. The Bertz CT molecular complexity index is 2960. The Labute approximate surface area is 325 Å². The highest BCUT2D eigenvalue weighted by molar-refractivity contribution is 5.98. The number of hydrogen-bond donors (Lipinski definition) is 1. The lowest BCUT2D eigenvalue weighted by Crippen LogP contribution is -2.01. The van der Waals surface area contributed by atoms with Gasteiger partial charge in [-0.1, -0.05) is 115 Å². The van der Waals surface area contributed by atoms with Gasteiger partial charge in [-0.25, -0.2) is 4.98 Å². The zero-order valence-electron chi connectivity index (χ0n) is 33.5. The van der Waals surface area contributed by atoms with E-state index in [9.17, 15) is 5.11 Å². The van der Waals surface area contributed by atoms with E-state index < -0.39 is 6.85 Å². The molecule has 0 atom stereocenters. The zero-order valence-corrected chi connectivity index (χ0v) is 30.5. The molecule has 9 aromatic rings. The van der Waals surface area contributed by atoms with Gasteiger partial charge in [0, 0.05) is 21.4 Å². The van der Waals surface area contributed by atoms with E-state index in [0.717, 1.165) is 61.3 Å². The first-order valence-electron chi connectivity index (χ1n) is 19.9. The predicted octanol–water partition coefficient (Wildman–Crippen LogP) is 13.1. The Kier molecular flexibility index (Phi) is 7.78. The minimum Gasteiger partial charge on any atom is -0.507 e. The number of imidazole rings is 1. The molecular formula is C51H39N3O. The Morgan fingerprint density at radius 3 is 1.84 bits per heavy atom. The third-order valence-electron chi connectivity index (χ3n) is 10.2. The Morgan fingerprint density at radius 2 is 1.15 bits per heavy atom. The number of aryl methyl sites for hydroxylation is 3. The second-order valence-electron chi connectivity index (χ2n) is 14.0. The fraction of sp³-hybridized carbons (Fsp3) is 0.0588. The highest BCUT2D eigenvalue weighted by Crippen LogP contribution is 2.41. The number of para-hydroxylation sites is 1. The molecule has 0 amide bonds. The molecule has 264 valence electrons. The van der Waals surface area contributed by atoms with Crippen molar-refractivity contribution in [1.82, 2.24) is 14.5 Å². The van der Waals surface area contributed by atoms with Crippen LogP contribution in [0.2, 0.25) is 0 Å². The topological polar surface area (TPSA) is 50.9 Å². The van der Waals surface area contributed by atoms with E-state index >= 15 is 0 Å². The molecule has 0 spiro atoms. The minimum atomic E-state index is -2.46. The quantitative estimate of drug-likeness (QED) is 0.179. The van der Waals surface area contributed by atoms with Gasteiger partial charge < -0.3 is 5.11 Å². The van der Waals surface area contributed by atoms with Crippen LogP contribution in [0.3, 0.4) is 0 Å². The van der Waals surface area contributed by atoms with Crippen LogP contribution in [0.15, 0.2) is 176 Å². The SMILES string of the molecule is [2H]C([2H])([2H])c1cc(-c2ccccc2)ccc1-n1c(-c2cc(C)cc(C)c2O)nc2c(-c3cc(-c4ccccc4)cc(-c4cc(-c5ccccc5)ccn4)c3)cccc21. The summed E-state index contributed by atoms with van der Waals surface area (Å²) in [5.41, 5.74) is 13.7. The standard InChI is InChI=1S/C51H39N3O/c1-33-26-35(3)50(55)45(27-33)51-53-49-44(20-13-21-48(49)54(51)47-23-22-39(28-34(47)2)36-14-7-4-8-15-36)42-29-41(38-18-11-6-12-19-38)30-43(31-42)46-32-40(24-25-52-46)37-16-9-5-10-17-37/h4-32,55H,1-3H3/i2D3. The molecule has 7 aromatic carbocycles. The van der Waals surface area contributed by atoms with Crippen LogP contribution < -0.4 is 0 Å². The van der Waals surface area contributed by atoms with Crippen LogP contribution in [-0.4, -0.2) is 19.6 Å². The largest absolute Gasteiger partial charge is 0.507 e. The van der Waals surface area contributed by atoms with Crippen molar-refractivity contribution >= 4 is 11.0 Å². The molecule has 55 heavy (non-hydrogen) atoms. The van der Waals surface area contributed by atoms with E-state index in [1.165, 1.54) is 0 Å². The number of rotatable bonds is 7. The number of aromatic hydroxyl groups is 1. The highest BCUT2D eigenvalue weighted by Gasteiger charge is 2.22. The fourth-order valence-corrected chi connectivity index (χ4v) is 7.56. The van der Waals surface area contributed by atoms with Gasteiger partial charge in [0.25, 0.3) is 0 Å². The Morgan fingerprint density at radius 1 is 0.509 bits per heavy atom. The molecule has 1 N–H and O–H groups in total. The van der Waals surface area contributed by atoms with Crippen molar-refractivity contribution in [2.75, 3.05) is 0 Å². The highest BCUT2D eigenvalue weighted by atomic mass is 16.3. The first-order valence-corrected chi connectivity index (χ1v) is 18.4. The second kappa shape index (κ2) is 14.1. The van der Waals surface area contributed by atoms with Crippen LogP contribution in [0.1, 0.15) is 20.8 Å². The summed E-state index contributed by atoms with van der Waals surface area (Å²) in [6, 6.07) is 56.4. The smallest absolute Gasteiger partial charge is 0.149 e. The van der Waals surface area contributed by atoms with Gasteiger partial charge in [-0.3, -0.25) is 9.55 Å². The second-order valence-corrected chi connectivity index (χ2v) is 14.0. The van der Waals surface area contributed by atoms with Gasteiger partial charge in [-0.15, -0.1) is 0 Å². The summed E-state index contributed by atoms with van der Waals surface area (Å²) in [6.45, 7) is 1.38. The van der Waals surface area contributed by atoms with E-state index in [2.05, 4.69) is 54.6 Å². The van der Waals surface area contributed by atoms with E-state index in [-0.39, 0.29) is 11.3 Å². The molecule has 0 saturated carbocycles. The number of phenols is 1. The Hall–Kier alpha value is -7.04. The molecule has 0 bridgehead atoms. The van der Waals surface area contributed by atoms with Gasteiger partial charge >= 0.3 is 0 Å². The normalized spacial score (nSPS) is 12.3. The molecule has 0 fully saturated rings. The molecule has 4 nitrogen and oxygen atoms in total. The van der Waals surface area contributed by atoms with Gasteiger partial charge in [-0.2, -0.15) is 0 Å². The van der Waals surface area contributed by atoms with Crippen molar-refractivity contribution in [3.05, 3.63) is 193 Å². The molecule has 0 saturated heterocycles. The number of fused-ring (bicyclic) bond motifs is 1.